The number of aryl methyl sites for hydroxylation is 1. The highest BCUT2D eigenvalue weighted by Crippen LogP contribution is 2.24. The summed E-state index contributed by atoms with van der Waals surface area (Å²) in [6.07, 6.45) is 2.76. The van der Waals surface area contributed by atoms with Crippen molar-refractivity contribution in [2.75, 3.05) is 6.54 Å². The van der Waals surface area contributed by atoms with Gasteiger partial charge in [-0.05, 0) is 29.5 Å². The molecule has 0 fully saturated rings. The molecule has 17 heavy (non-hydrogen) atoms. The number of fused-ring (bicyclic) bond motifs is 1. The molecule has 88 valence electrons. The normalized spacial score (nSPS) is 14.8. The van der Waals surface area contributed by atoms with Crippen LogP contribution in [0.5, 0.6) is 0 Å². The first-order valence-corrected chi connectivity index (χ1v) is 6.46. The summed E-state index contributed by atoms with van der Waals surface area (Å²) in [6, 6.07) is 3.88. The van der Waals surface area contributed by atoms with Crippen molar-refractivity contribution in [3.05, 3.63) is 39.8 Å². The molecular weight excluding hydrogens is 234 g/mol. The molecule has 1 aliphatic rings. The van der Waals surface area contributed by atoms with E-state index in [9.17, 15) is 4.79 Å². The second-order valence-electron chi connectivity index (χ2n) is 4.22. The standard InChI is InChI=1S/C12H13N3OS/c1-14-5-2-10(13-14)12(16)15-6-3-11-9(8-15)4-7-17-11/h2,4-5,7H,3,6,8H2,1H3. The molecule has 0 unspecified atom stereocenters. The summed E-state index contributed by atoms with van der Waals surface area (Å²) >= 11 is 1.78. The Morgan fingerprint density at radius 1 is 1.47 bits per heavy atom. The molecule has 0 atom stereocenters. The molecular formula is C12H13N3OS. The fourth-order valence-electron chi connectivity index (χ4n) is 2.11. The van der Waals surface area contributed by atoms with E-state index in [-0.39, 0.29) is 5.91 Å². The summed E-state index contributed by atoms with van der Waals surface area (Å²) in [5, 5.41) is 6.25. The zero-order valence-corrected chi connectivity index (χ0v) is 10.4. The maximum Gasteiger partial charge on any atom is 0.274 e. The fraction of sp³-hybridized carbons (Fsp3) is 0.333. The topological polar surface area (TPSA) is 38.1 Å². The van der Waals surface area contributed by atoms with Crippen molar-refractivity contribution >= 4 is 17.2 Å². The number of thiophene rings is 1. The van der Waals surface area contributed by atoms with Crippen LogP contribution in [0.3, 0.4) is 0 Å². The quantitative estimate of drug-likeness (QED) is 0.769. The van der Waals surface area contributed by atoms with Gasteiger partial charge in [-0.1, -0.05) is 0 Å². The maximum absolute atomic E-state index is 12.2. The molecule has 1 amide bonds. The molecule has 2 aromatic heterocycles. The second-order valence-corrected chi connectivity index (χ2v) is 5.22. The van der Waals surface area contributed by atoms with Crippen LogP contribution in [0.1, 0.15) is 20.9 Å². The highest BCUT2D eigenvalue weighted by Gasteiger charge is 2.23. The predicted octanol–water partition coefficient (Wildman–Crippen LogP) is 1.68. The monoisotopic (exact) mass is 247 g/mol. The first-order chi connectivity index (χ1) is 8.24. The molecule has 2 aromatic rings. The number of rotatable bonds is 1. The highest BCUT2D eigenvalue weighted by atomic mass is 32.1. The minimum absolute atomic E-state index is 0.0300. The van der Waals surface area contributed by atoms with E-state index in [0.717, 1.165) is 13.0 Å². The van der Waals surface area contributed by atoms with Crippen molar-refractivity contribution in [3.8, 4) is 0 Å². The highest BCUT2D eigenvalue weighted by molar-refractivity contribution is 7.10. The lowest BCUT2D eigenvalue weighted by molar-refractivity contribution is 0.0729. The molecule has 4 nitrogen and oxygen atoms in total. The third-order valence-corrected chi connectivity index (χ3v) is 4.05. The van der Waals surface area contributed by atoms with Gasteiger partial charge < -0.3 is 4.90 Å². The lowest BCUT2D eigenvalue weighted by atomic mass is 10.1. The lowest BCUT2D eigenvalue weighted by Gasteiger charge is -2.26. The van der Waals surface area contributed by atoms with Crippen molar-refractivity contribution in [1.29, 1.82) is 0 Å². The first-order valence-electron chi connectivity index (χ1n) is 5.58. The molecule has 0 radical (unpaired) electrons. The zero-order valence-electron chi connectivity index (χ0n) is 9.59. The summed E-state index contributed by atoms with van der Waals surface area (Å²) in [7, 11) is 1.82. The van der Waals surface area contributed by atoms with E-state index < -0.39 is 0 Å². The Bertz CT molecular complexity index is 558. The third kappa shape index (κ3) is 1.86. The van der Waals surface area contributed by atoms with Gasteiger partial charge in [-0.2, -0.15) is 5.10 Å². The van der Waals surface area contributed by atoms with E-state index in [4.69, 9.17) is 0 Å². The Morgan fingerprint density at radius 2 is 2.35 bits per heavy atom. The number of amides is 1. The predicted molar refractivity (Wildman–Crippen MR) is 66.0 cm³/mol. The number of carbonyl (C=O) groups excluding carboxylic acids is 1. The molecule has 3 rings (SSSR count). The number of hydrogen-bond donors (Lipinski definition) is 0. The molecule has 3 heterocycles. The van der Waals surface area contributed by atoms with Gasteiger partial charge in [0.1, 0.15) is 5.69 Å². The van der Waals surface area contributed by atoms with Gasteiger partial charge in [0.15, 0.2) is 0 Å². The zero-order chi connectivity index (χ0) is 11.8. The molecule has 0 spiro atoms. The SMILES string of the molecule is Cn1ccc(C(=O)N2CCc3sccc3C2)n1. The largest absolute Gasteiger partial charge is 0.333 e. The Hall–Kier alpha value is -1.62. The average molecular weight is 247 g/mol. The van der Waals surface area contributed by atoms with E-state index >= 15 is 0 Å². The summed E-state index contributed by atoms with van der Waals surface area (Å²) in [5.41, 5.74) is 1.82. The molecule has 0 saturated carbocycles. The van der Waals surface area contributed by atoms with Gasteiger partial charge in [-0.3, -0.25) is 9.48 Å². The molecule has 0 saturated heterocycles. The Morgan fingerprint density at radius 3 is 3.12 bits per heavy atom. The second kappa shape index (κ2) is 4.00. The van der Waals surface area contributed by atoms with Crippen molar-refractivity contribution < 1.29 is 4.79 Å². The number of carbonyl (C=O) groups is 1. The average Bonchev–Trinajstić information content (AvgIpc) is 2.95. The Balaban J connectivity index is 1.81. The molecule has 0 aliphatic carbocycles. The van der Waals surface area contributed by atoms with E-state index in [1.165, 1.54) is 10.4 Å². The molecule has 0 aromatic carbocycles. The minimum Gasteiger partial charge on any atom is -0.333 e. The van der Waals surface area contributed by atoms with Crippen LogP contribution in [-0.4, -0.2) is 27.1 Å². The van der Waals surface area contributed by atoms with E-state index in [2.05, 4.69) is 16.5 Å². The van der Waals surface area contributed by atoms with Crippen molar-refractivity contribution in [1.82, 2.24) is 14.7 Å². The summed E-state index contributed by atoms with van der Waals surface area (Å²) in [4.78, 5) is 15.5. The number of aromatic nitrogens is 2. The van der Waals surface area contributed by atoms with E-state index in [0.29, 0.717) is 12.2 Å². The van der Waals surface area contributed by atoms with Gasteiger partial charge in [0.25, 0.3) is 5.91 Å². The van der Waals surface area contributed by atoms with Crippen molar-refractivity contribution in [2.24, 2.45) is 7.05 Å². The van der Waals surface area contributed by atoms with Crippen LogP contribution in [0.25, 0.3) is 0 Å². The van der Waals surface area contributed by atoms with Gasteiger partial charge in [-0.15, -0.1) is 11.3 Å². The van der Waals surface area contributed by atoms with Gasteiger partial charge in [0.05, 0.1) is 0 Å². The van der Waals surface area contributed by atoms with Crippen molar-refractivity contribution in [3.63, 3.8) is 0 Å². The van der Waals surface area contributed by atoms with E-state index in [1.807, 2.05) is 11.9 Å². The summed E-state index contributed by atoms with van der Waals surface area (Å²) in [6.45, 7) is 1.51. The van der Waals surface area contributed by atoms with Gasteiger partial charge in [-0.25, -0.2) is 0 Å². The van der Waals surface area contributed by atoms with Crippen LogP contribution < -0.4 is 0 Å². The smallest absolute Gasteiger partial charge is 0.274 e. The summed E-state index contributed by atoms with van der Waals surface area (Å²) in [5.74, 6) is 0.0300. The Kier molecular flexibility index (Phi) is 2.48. The van der Waals surface area contributed by atoms with E-state index in [1.54, 1.807) is 28.3 Å². The Labute approximate surface area is 103 Å². The van der Waals surface area contributed by atoms with Crippen LogP contribution in [0.2, 0.25) is 0 Å². The lowest BCUT2D eigenvalue weighted by Crippen LogP contribution is -2.35. The van der Waals surface area contributed by atoms with Gasteiger partial charge in [0.2, 0.25) is 0 Å². The number of nitrogens with zero attached hydrogens (tertiary/aromatic N) is 3. The molecule has 5 heteroatoms. The van der Waals surface area contributed by atoms with Gasteiger partial charge in [0, 0.05) is 31.2 Å². The molecule has 1 aliphatic heterocycles. The van der Waals surface area contributed by atoms with Crippen LogP contribution in [0.4, 0.5) is 0 Å². The minimum atomic E-state index is 0.0300. The third-order valence-electron chi connectivity index (χ3n) is 3.03. The van der Waals surface area contributed by atoms with Crippen LogP contribution >= 0.6 is 11.3 Å². The van der Waals surface area contributed by atoms with Crippen LogP contribution in [0.15, 0.2) is 23.7 Å². The fourth-order valence-corrected chi connectivity index (χ4v) is 3.00. The van der Waals surface area contributed by atoms with Gasteiger partial charge >= 0.3 is 0 Å². The molecule has 0 bridgehead atoms. The molecule has 0 N–H and O–H groups in total. The maximum atomic E-state index is 12.2. The number of hydrogen-bond acceptors (Lipinski definition) is 3. The van der Waals surface area contributed by atoms with Crippen LogP contribution in [0, 0.1) is 0 Å². The van der Waals surface area contributed by atoms with Crippen molar-refractivity contribution in [2.45, 2.75) is 13.0 Å². The summed E-state index contributed by atoms with van der Waals surface area (Å²) < 4.78 is 1.66. The first kappa shape index (κ1) is 10.5. The van der Waals surface area contributed by atoms with Crippen LogP contribution in [-0.2, 0) is 20.0 Å².